The second kappa shape index (κ2) is 13.3. The van der Waals surface area contributed by atoms with Crippen LogP contribution >= 0.6 is 0 Å². The average Bonchev–Trinajstić information content (AvgIpc) is 2.90. The van der Waals surface area contributed by atoms with Crippen molar-refractivity contribution < 1.29 is 23.1 Å². The molecule has 0 aliphatic carbocycles. The van der Waals surface area contributed by atoms with Gasteiger partial charge in [-0.25, -0.2) is 8.42 Å². The van der Waals surface area contributed by atoms with Gasteiger partial charge in [-0.05, 0) is 89.2 Å². The molecule has 1 aromatic carbocycles. The minimum atomic E-state index is -4.02. The van der Waals surface area contributed by atoms with Crippen LogP contribution in [0.3, 0.4) is 0 Å². The molecule has 0 spiro atoms. The molecule has 38 heavy (non-hydrogen) atoms. The van der Waals surface area contributed by atoms with Crippen molar-refractivity contribution in [3.8, 4) is 0 Å². The van der Waals surface area contributed by atoms with Gasteiger partial charge in [0.2, 0.25) is 15.9 Å². The Hall–Kier alpha value is -2.05. The maximum absolute atomic E-state index is 12.7. The van der Waals surface area contributed by atoms with Gasteiger partial charge in [-0.1, -0.05) is 17.7 Å². The second-order valence-electron chi connectivity index (χ2n) is 11.2. The van der Waals surface area contributed by atoms with Crippen molar-refractivity contribution in [1.82, 2.24) is 25.2 Å². The van der Waals surface area contributed by atoms with Crippen LogP contribution in [-0.2, 0) is 19.6 Å². The van der Waals surface area contributed by atoms with Crippen LogP contribution in [0.5, 0.6) is 0 Å². The van der Waals surface area contributed by atoms with Crippen LogP contribution in [0.2, 0.25) is 0 Å². The summed E-state index contributed by atoms with van der Waals surface area (Å²) in [6.45, 7) is 9.18. The summed E-state index contributed by atoms with van der Waals surface area (Å²) in [7, 11) is -4.02. The Morgan fingerprint density at radius 2 is 1.82 bits per heavy atom. The molecule has 1 amide bonds. The number of hydrogen-bond acceptors (Lipinski definition) is 7. The van der Waals surface area contributed by atoms with Gasteiger partial charge in [0.1, 0.15) is 6.04 Å². The summed E-state index contributed by atoms with van der Waals surface area (Å²) in [5, 5.41) is 15.6. The predicted molar refractivity (Wildman–Crippen MR) is 145 cm³/mol. The van der Waals surface area contributed by atoms with E-state index in [1.54, 1.807) is 12.1 Å². The number of nitrogens with one attached hydrogen (secondary N) is 3. The first-order valence-corrected chi connectivity index (χ1v) is 15.4. The standard InChI is InChI=1S/C27H43N5O5S/c1-20-2-4-24(5-3-20)38(36,37)30-25(27(34)35)18-29-26(33)17-22-9-13-32-15-14-31(19-23(32)16-22)12-8-21-6-10-28-11-7-21/h2-5,21-23,25,28,30H,6-19H2,1H3,(H,29,33)(H,34,35)/t22?,23-,25+/m1/s1. The summed E-state index contributed by atoms with van der Waals surface area (Å²) in [6.07, 6.45) is 6.05. The smallest absolute Gasteiger partial charge is 0.323 e. The number of sulfonamides is 1. The fraction of sp³-hybridized carbons (Fsp3) is 0.704. The summed E-state index contributed by atoms with van der Waals surface area (Å²) in [4.78, 5) is 29.5. The molecule has 3 heterocycles. The van der Waals surface area contributed by atoms with Crippen LogP contribution < -0.4 is 15.4 Å². The minimum absolute atomic E-state index is 0.00953. The van der Waals surface area contributed by atoms with Crippen LogP contribution in [0.15, 0.2) is 29.2 Å². The van der Waals surface area contributed by atoms with Crippen molar-refractivity contribution in [3.05, 3.63) is 29.8 Å². The average molecular weight is 550 g/mol. The molecule has 0 saturated carbocycles. The lowest BCUT2D eigenvalue weighted by molar-refractivity contribution is -0.138. The van der Waals surface area contributed by atoms with Crippen LogP contribution in [0.25, 0.3) is 0 Å². The number of nitrogens with zero attached hydrogens (tertiary/aromatic N) is 2. The molecule has 4 rings (SSSR count). The van der Waals surface area contributed by atoms with Crippen molar-refractivity contribution in [1.29, 1.82) is 0 Å². The van der Waals surface area contributed by atoms with E-state index in [9.17, 15) is 23.1 Å². The van der Waals surface area contributed by atoms with Crippen molar-refractivity contribution in [2.24, 2.45) is 11.8 Å². The molecule has 212 valence electrons. The normalized spacial score (nSPS) is 24.4. The lowest BCUT2D eigenvalue weighted by atomic mass is 9.86. The molecular formula is C27H43N5O5S. The molecule has 1 aromatic rings. The van der Waals surface area contributed by atoms with Gasteiger partial charge in [-0.2, -0.15) is 4.72 Å². The van der Waals surface area contributed by atoms with E-state index in [2.05, 4.69) is 25.2 Å². The molecule has 3 saturated heterocycles. The third-order valence-corrected chi connectivity index (χ3v) is 9.82. The van der Waals surface area contributed by atoms with E-state index in [1.165, 1.54) is 31.4 Å². The van der Waals surface area contributed by atoms with E-state index < -0.39 is 22.0 Å². The first kappa shape index (κ1) is 28.9. The number of carbonyl (C=O) groups is 2. The topological polar surface area (TPSA) is 131 Å². The van der Waals surface area contributed by atoms with Gasteiger partial charge in [0.05, 0.1) is 4.90 Å². The molecule has 0 bridgehead atoms. The van der Waals surface area contributed by atoms with E-state index in [0.717, 1.165) is 70.1 Å². The van der Waals surface area contributed by atoms with Gasteiger partial charge in [-0.15, -0.1) is 0 Å². The maximum atomic E-state index is 12.7. The predicted octanol–water partition coefficient (Wildman–Crippen LogP) is 1.02. The summed E-state index contributed by atoms with van der Waals surface area (Å²) >= 11 is 0. The number of amides is 1. The Morgan fingerprint density at radius 1 is 1.08 bits per heavy atom. The number of benzene rings is 1. The SMILES string of the molecule is Cc1ccc(S(=O)(=O)N[C@@H](CNC(=O)CC2CCN3CCN(CCC4CCNCC4)C[C@H]3C2)C(=O)O)cc1. The van der Waals surface area contributed by atoms with Gasteiger partial charge in [0.25, 0.3) is 0 Å². The van der Waals surface area contributed by atoms with Gasteiger partial charge < -0.3 is 20.6 Å². The van der Waals surface area contributed by atoms with E-state index in [-0.39, 0.29) is 23.3 Å². The molecule has 10 nitrogen and oxygen atoms in total. The molecule has 0 aromatic heterocycles. The van der Waals surface area contributed by atoms with E-state index in [1.807, 2.05) is 6.92 Å². The number of carboxylic acids is 1. The quantitative estimate of drug-likeness (QED) is 0.322. The summed E-state index contributed by atoms with van der Waals surface area (Å²) in [5.41, 5.74) is 0.898. The number of carbonyl (C=O) groups excluding carboxylic acids is 1. The van der Waals surface area contributed by atoms with Crippen molar-refractivity contribution >= 4 is 21.9 Å². The van der Waals surface area contributed by atoms with Crippen molar-refractivity contribution in [2.45, 2.75) is 62.4 Å². The number of piperidine rings is 2. The summed E-state index contributed by atoms with van der Waals surface area (Å²) < 4.78 is 27.4. The van der Waals surface area contributed by atoms with Crippen molar-refractivity contribution in [3.63, 3.8) is 0 Å². The van der Waals surface area contributed by atoms with Crippen molar-refractivity contribution in [2.75, 3.05) is 52.4 Å². The molecule has 0 radical (unpaired) electrons. The lowest BCUT2D eigenvalue weighted by Gasteiger charge is -2.46. The Morgan fingerprint density at radius 3 is 2.53 bits per heavy atom. The zero-order valence-electron chi connectivity index (χ0n) is 22.4. The number of carboxylic acid groups (broad SMARTS) is 1. The van der Waals surface area contributed by atoms with Crippen LogP contribution in [-0.4, -0.2) is 99.6 Å². The van der Waals surface area contributed by atoms with Gasteiger partial charge in [0, 0.05) is 38.6 Å². The molecule has 1 unspecified atom stereocenters. The highest BCUT2D eigenvalue weighted by molar-refractivity contribution is 7.89. The van der Waals surface area contributed by atoms with Crippen LogP contribution in [0.1, 0.15) is 44.1 Å². The fourth-order valence-corrected chi connectivity index (χ4v) is 7.14. The molecule has 3 atom stereocenters. The lowest BCUT2D eigenvalue weighted by Crippen LogP contribution is -2.56. The second-order valence-corrected chi connectivity index (χ2v) is 12.9. The number of aliphatic carboxylic acids is 1. The molecule has 4 N–H and O–H groups in total. The van der Waals surface area contributed by atoms with Gasteiger partial charge in [-0.3, -0.25) is 14.5 Å². The van der Waals surface area contributed by atoms with E-state index in [4.69, 9.17) is 0 Å². The molecule has 3 aliphatic rings. The number of fused-ring (bicyclic) bond motifs is 1. The zero-order chi connectivity index (χ0) is 27.1. The first-order chi connectivity index (χ1) is 18.2. The number of hydrogen-bond donors (Lipinski definition) is 4. The largest absolute Gasteiger partial charge is 0.480 e. The number of piperazine rings is 1. The third-order valence-electron chi connectivity index (χ3n) is 8.34. The molecular weight excluding hydrogens is 506 g/mol. The Balaban J connectivity index is 1.22. The van der Waals surface area contributed by atoms with Gasteiger partial charge in [0.15, 0.2) is 0 Å². The van der Waals surface area contributed by atoms with E-state index >= 15 is 0 Å². The molecule has 3 aliphatic heterocycles. The highest BCUT2D eigenvalue weighted by Gasteiger charge is 2.34. The Labute approximate surface area is 226 Å². The van der Waals surface area contributed by atoms with Crippen LogP contribution in [0.4, 0.5) is 0 Å². The first-order valence-electron chi connectivity index (χ1n) is 13.9. The van der Waals surface area contributed by atoms with E-state index in [0.29, 0.717) is 12.5 Å². The fourth-order valence-electron chi connectivity index (χ4n) is 5.95. The number of rotatable bonds is 11. The van der Waals surface area contributed by atoms with Crippen LogP contribution in [0, 0.1) is 18.8 Å². The molecule has 3 fully saturated rings. The Kier molecular flexibility index (Phi) is 10.2. The van der Waals surface area contributed by atoms with Gasteiger partial charge >= 0.3 is 5.97 Å². The maximum Gasteiger partial charge on any atom is 0.323 e. The minimum Gasteiger partial charge on any atom is -0.480 e. The number of aryl methyl sites for hydroxylation is 1. The Bertz CT molecular complexity index is 1040. The highest BCUT2D eigenvalue weighted by atomic mass is 32.2. The third kappa shape index (κ3) is 8.22. The monoisotopic (exact) mass is 549 g/mol. The molecule has 11 heteroatoms. The highest BCUT2D eigenvalue weighted by Crippen LogP contribution is 2.28. The summed E-state index contributed by atoms with van der Waals surface area (Å²) in [5.74, 6) is -0.495. The summed E-state index contributed by atoms with van der Waals surface area (Å²) in [6, 6.07) is 5.17. The zero-order valence-corrected chi connectivity index (χ0v) is 23.2.